The van der Waals surface area contributed by atoms with E-state index in [1.54, 1.807) is 42.9 Å². The predicted octanol–water partition coefficient (Wildman–Crippen LogP) is 5.98. The quantitative estimate of drug-likeness (QED) is 0.300. The molecule has 0 N–H and O–H groups in total. The van der Waals surface area contributed by atoms with Crippen molar-refractivity contribution >= 4 is 39.9 Å². The molecule has 0 aliphatic carbocycles. The van der Waals surface area contributed by atoms with E-state index in [0.29, 0.717) is 33.5 Å². The second-order valence-electron chi connectivity index (χ2n) is 7.42. The molecular formula is C24H16Cl2N4O2. The number of halogens is 2. The van der Waals surface area contributed by atoms with Crippen LogP contribution >= 0.6 is 23.2 Å². The standard InChI is InChI=1S/C24H16Cl2N4O2/c1-14-4-7-21-18(9-14)19(13-30(21)12-16-5-6-17(25)10-20(16)26)22(31)24-28-23(29-32-24)15-3-2-8-27-11-15/h2-11,13H,12H2,1H3. The van der Waals surface area contributed by atoms with Gasteiger partial charge in [0.25, 0.3) is 11.7 Å². The van der Waals surface area contributed by atoms with E-state index in [1.807, 2.05) is 35.8 Å². The molecule has 2 aromatic carbocycles. The molecule has 0 aliphatic rings. The highest BCUT2D eigenvalue weighted by Crippen LogP contribution is 2.28. The SMILES string of the molecule is Cc1ccc2c(c1)c(C(=O)c1nc(-c3cccnc3)no1)cn2Cc1ccc(Cl)cc1Cl. The van der Waals surface area contributed by atoms with Crippen molar-refractivity contribution in [2.75, 3.05) is 0 Å². The van der Waals surface area contributed by atoms with E-state index in [4.69, 9.17) is 27.7 Å². The van der Waals surface area contributed by atoms with Crippen molar-refractivity contribution in [2.45, 2.75) is 13.5 Å². The molecule has 0 unspecified atom stereocenters. The average Bonchev–Trinajstić information content (AvgIpc) is 3.41. The average molecular weight is 463 g/mol. The fraction of sp³-hybridized carbons (Fsp3) is 0.0833. The number of hydrogen-bond acceptors (Lipinski definition) is 5. The molecule has 0 spiro atoms. The van der Waals surface area contributed by atoms with E-state index in [-0.39, 0.29) is 11.7 Å². The van der Waals surface area contributed by atoms with Gasteiger partial charge >= 0.3 is 0 Å². The van der Waals surface area contributed by atoms with E-state index in [2.05, 4.69) is 15.1 Å². The molecule has 0 aliphatic heterocycles. The molecule has 8 heteroatoms. The highest BCUT2D eigenvalue weighted by Gasteiger charge is 2.23. The molecule has 5 aromatic rings. The Kier molecular flexibility index (Phi) is 5.25. The minimum atomic E-state index is -0.343. The van der Waals surface area contributed by atoms with Gasteiger partial charge < -0.3 is 9.09 Å². The van der Waals surface area contributed by atoms with Gasteiger partial charge in [-0.25, -0.2) is 0 Å². The number of ketones is 1. The molecule has 0 saturated carbocycles. The molecule has 0 amide bonds. The van der Waals surface area contributed by atoms with Crippen molar-refractivity contribution in [2.24, 2.45) is 0 Å². The van der Waals surface area contributed by atoms with Crippen LogP contribution in [0, 0.1) is 6.92 Å². The lowest BCUT2D eigenvalue weighted by Crippen LogP contribution is -2.02. The van der Waals surface area contributed by atoms with Crippen LogP contribution < -0.4 is 0 Å². The van der Waals surface area contributed by atoms with E-state index < -0.39 is 0 Å². The number of carbonyl (C=O) groups excluding carboxylic acids is 1. The summed E-state index contributed by atoms with van der Waals surface area (Å²) in [5.74, 6) is -0.104. The van der Waals surface area contributed by atoms with Crippen LogP contribution in [0.4, 0.5) is 0 Å². The number of hydrogen-bond donors (Lipinski definition) is 0. The van der Waals surface area contributed by atoms with Crippen molar-refractivity contribution in [1.82, 2.24) is 19.7 Å². The number of aromatic nitrogens is 4. The zero-order chi connectivity index (χ0) is 22.2. The number of pyridine rings is 1. The first-order chi connectivity index (χ1) is 15.5. The van der Waals surface area contributed by atoms with Gasteiger partial charge in [0.2, 0.25) is 5.82 Å². The van der Waals surface area contributed by atoms with Crippen LogP contribution in [-0.4, -0.2) is 25.5 Å². The van der Waals surface area contributed by atoms with Gasteiger partial charge in [-0.15, -0.1) is 0 Å². The normalized spacial score (nSPS) is 11.2. The van der Waals surface area contributed by atoms with Crippen LogP contribution in [-0.2, 0) is 6.54 Å². The topological polar surface area (TPSA) is 73.8 Å². The summed E-state index contributed by atoms with van der Waals surface area (Å²) in [6.07, 6.45) is 5.06. The maximum atomic E-state index is 13.3. The molecule has 6 nitrogen and oxygen atoms in total. The fourth-order valence-corrected chi connectivity index (χ4v) is 4.07. The lowest BCUT2D eigenvalue weighted by molar-refractivity contribution is 0.0995. The highest BCUT2D eigenvalue weighted by atomic mass is 35.5. The third-order valence-electron chi connectivity index (χ3n) is 5.18. The molecule has 3 heterocycles. The molecule has 158 valence electrons. The second-order valence-corrected chi connectivity index (χ2v) is 8.26. The maximum absolute atomic E-state index is 13.3. The van der Waals surface area contributed by atoms with Crippen LogP contribution in [0.3, 0.4) is 0 Å². The summed E-state index contributed by atoms with van der Waals surface area (Å²) in [7, 11) is 0. The number of rotatable bonds is 5. The molecular weight excluding hydrogens is 447 g/mol. The Labute approximate surface area is 193 Å². The molecule has 0 radical (unpaired) electrons. The van der Waals surface area contributed by atoms with Crippen molar-refractivity contribution in [3.63, 3.8) is 0 Å². The lowest BCUT2D eigenvalue weighted by Gasteiger charge is -2.08. The van der Waals surface area contributed by atoms with Crippen LogP contribution in [0.1, 0.15) is 27.4 Å². The minimum absolute atomic E-state index is 0.0751. The smallest absolute Gasteiger partial charge is 0.299 e. The first-order valence-corrected chi connectivity index (χ1v) is 10.6. The first kappa shape index (κ1) is 20.4. The summed E-state index contributed by atoms with van der Waals surface area (Å²) in [5.41, 5.74) is 3.98. The van der Waals surface area contributed by atoms with E-state index in [0.717, 1.165) is 22.0 Å². The van der Waals surface area contributed by atoms with Crippen LogP contribution in [0.25, 0.3) is 22.3 Å². The lowest BCUT2D eigenvalue weighted by atomic mass is 10.1. The van der Waals surface area contributed by atoms with Crippen molar-refractivity contribution in [3.05, 3.63) is 99.7 Å². The molecule has 3 aromatic heterocycles. The molecule has 0 saturated heterocycles. The Bertz CT molecular complexity index is 1460. The molecule has 0 bridgehead atoms. The monoisotopic (exact) mass is 462 g/mol. The number of nitrogens with zero attached hydrogens (tertiary/aromatic N) is 4. The zero-order valence-electron chi connectivity index (χ0n) is 16.9. The van der Waals surface area contributed by atoms with Gasteiger partial charge in [0, 0.05) is 51.6 Å². The highest BCUT2D eigenvalue weighted by molar-refractivity contribution is 6.35. The Balaban J connectivity index is 1.56. The number of aryl methyl sites for hydroxylation is 1. The summed E-state index contributed by atoms with van der Waals surface area (Å²) < 4.78 is 7.27. The Hall–Kier alpha value is -3.48. The maximum Gasteiger partial charge on any atom is 0.299 e. The van der Waals surface area contributed by atoms with Crippen molar-refractivity contribution < 1.29 is 9.32 Å². The van der Waals surface area contributed by atoms with Gasteiger partial charge in [-0.1, -0.05) is 46.1 Å². The molecule has 0 fully saturated rings. The summed E-state index contributed by atoms with van der Waals surface area (Å²) in [6.45, 7) is 2.46. The van der Waals surface area contributed by atoms with Gasteiger partial charge in [0.15, 0.2) is 0 Å². The summed E-state index contributed by atoms with van der Waals surface area (Å²) in [5, 5.41) is 5.89. The van der Waals surface area contributed by atoms with Crippen LogP contribution in [0.15, 0.2) is 71.6 Å². The van der Waals surface area contributed by atoms with Crippen LogP contribution in [0.5, 0.6) is 0 Å². The Morgan fingerprint density at radius 3 is 2.78 bits per heavy atom. The van der Waals surface area contributed by atoms with Gasteiger partial charge in [-0.2, -0.15) is 4.98 Å². The van der Waals surface area contributed by atoms with E-state index >= 15 is 0 Å². The van der Waals surface area contributed by atoms with Gasteiger partial charge in [0.05, 0.1) is 5.56 Å². The predicted molar refractivity (Wildman–Crippen MR) is 123 cm³/mol. The van der Waals surface area contributed by atoms with E-state index in [1.165, 1.54) is 0 Å². The van der Waals surface area contributed by atoms with Gasteiger partial charge in [-0.3, -0.25) is 9.78 Å². The Morgan fingerprint density at radius 2 is 2.00 bits per heavy atom. The first-order valence-electron chi connectivity index (χ1n) is 9.82. The zero-order valence-corrected chi connectivity index (χ0v) is 18.4. The third kappa shape index (κ3) is 3.79. The molecule has 32 heavy (non-hydrogen) atoms. The van der Waals surface area contributed by atoms with E-state index in [9.17, 15) is 4.79 Å². The fourth-order valence-electron chi connectivity index (χ4n) is 3.60. The number of benzene rings is 2. The summed E-state index contributed by atoms with van der Waals surface area (Å²) in [6, 6.07) is 14.9. The van der Waals surface area contributed by atoms with Crippen LogP contribution in [0.2, 0.25) is 10.0 Å². The summed E-state index contributed by atoms with van der Waals surface area (Å²) >= 11 is 12.4. The van der Waals surface area contributed by atoms with Crippen molar-refractivity contribution in [3.8, 4) is 11.4 Å². The Morgan fingerprint density at radius 1 is 1.12 bits per heavy atom. The largest absolute Gasteiger partial charge is 0.342 e. The summed E-state index contributed by atoms with van der Waals surface area (Å²) in [4.78, 5) is 21.7. The third-order valence-corrected chi connectivity index (χ3v) is 5.76. The minimum Gasteiger partial charge on any atom is -0.342 e. The molecule has 5 rings (SSSR count). The second kappa shape index (κ2) is 8.22. The number of fused-ring (bicyclic) bond motifs is 1. The van der Waals surface area contributed by atoms with Gasteiger partial charge in [-0.05, 0) is 48.9 Å². The van der Waals surface area contributed by atoms with Crippen molar-refractivity contribution in [1.29, 1.82) is 0 Å². The number of carbonyl (C=O) groups is 1. The van der Waals surface area contributed by atoms with Gasteiger partial charge in [0.1, 0.15) is 0 Å². The molecule has 0 atom stereocenters.